The molecule has 0 bridgehead atoms. The predicted octanol–water partition coefficient (Wildman–Crippen LogP) is 4.36. The van der Waals surface area contributed by atoms with Gasteiger partial charge in [0.1, 0.15) is 5.82 Å². The largest absolute Gasteiger partial charge is 0.416 e. The molecule has 112 valence electrons. The van der Waals surface area contributed by atoms with Gasteiger partial charge in [-0.15, -0.1) is 10.2 Å². The maximum Gasteiger partial charge on any atom is 0.301 e. The number of hydrogen-bond acceptors (Lipinski definition) is 4. The fourth-order valence-corrected chi connectivity index (χ4v) is 2.20. The van der Waals surface area contributed by atoms with Crippen LogP contribution in [0.25, 0.3) is 0 Å². The van der Waals surface area contributed by atoms with Crippen molar-refractivity contribution in [3.63, 3.8) is 0 Å². The summed E-state index contributed by atoms with van der Waals surface area (Å²) in [6.45, 7) is 0. The zero-order chi connectivity index (χ0) is 15.2. The van der Waals surface area contributed by atoms with Crippen LogP contribution >= 0.6 is 11.8 Å². The van der Waals surface area contributed by atoms with Crippen LogP contribution < -0.4 is 0 Å². The number of nitrogens with zero attached hydrogens (tertiary/aromatic N) is 2. The second-order valence-corrected chi connectivity index (χ2v) is 5.04. The van der Waals surface area contributed by atoms with Crippen LogP contribution in [-0.4, -0.2) is 16.0 Å². The summed E-state index contributed by atoms with van der Waals surface area (Å²) in [6, 6.07) is 6.17. The molecular weight excluding hydrogens is 308 g/mol. The molecule has 1 aromatic heterocycles. The molecule has 0 unspecified atom stereocenters. The van der Waals surface area contributed by atoms with Gasteiger partial charge in [-0.05, 0) is 11.6 Å². The first-order valence-electron chi connectivity index (χ1n) is 5.94. The summed E-state index contributed by atoms with van der Waals surface area (Å²) in [7, 11) is 0. The van der Waals surface area contributed by atoms with Crippen molar-refractivity contribution in [2.45, 2.75) is 18.1 Å². The van der Waals surface area contributed by atoms with E-state index < -0.39 is 18.3 Å². The monoisotopic (exact) mass is 318 g/mol. The van der Waals surface area contributed by atoms with Gasteiger partial charge in [-0.1, -0.05) is 30.0 Å². The van der Waals surface area contributed by atoms with E-state index in [1.54, 1.807) is 18.2 Å². The lowest BCUT2D eigenvalue weighted by Crippen LogP contribution is -1.92. The maximum absolute atomic E-state index is 13.4. The average Bonchev–Trinajstić information content (AvgIpc) is 2.89. The Hall–Kier alpha value is -1.83. The molecule has 3 nitrogen and oxygen atoms in total. The number of hydrogen-bond donors (Lipinski definition) is 0. The molecule has 0 spiro atoms. The van der Waals surface area contributed by atoms with Gasteiger partial charge in [-0.25, -0.2) is 8.78 Å². The molecule has 0 amide bonds. The first kappa shape index (κ1) is 15.6. The topological polar surface area (TPSA) is 38.9 Å². The van der Waals surface area contributed by atoms with Gasteiger partial charge >= 0.3 is 6.08 Å². The zero-order valence-electron chi connectivity index (χ0n) is 10.7. The van der Waals surface area contributed by atoms with Gasteiger partial charge in [0.05, 0.1) is 6.42 Å². The van der Waals surface area contributed by atoms with Gasteiger partial charge in [0.15, 0.2) is 5.83 Å². The minimum Gasteiger partial charge on any atom is -0.416 e. The van der Waals surface area contributed by atoms with Gasteiger partial charge in [-0.2, -0.15) is 8.78 Å². The van der Waals surface area contributed by atoms with E-state index in [2.05, 4.69) is 10.2 Å². The van der Waals surface area contributed by atoms with Crippen LogP contribution in [0.1, 0.15) is 17.9 Å². The molecular formula is C13H10F4N2OS. The second-order valence-electron chi connectivity index (χ2n) is 3.99. The van der Waals surface area contributed by atoms with Crippen LogP contribution in [0.3, 0.4) is 0 Å². The molecule has 0 aliphatic carbocycles. The number of benzene rings is 1. The molecule has 0 saturated heterocycles. The summed E-state index contributed by atoms with van der Waals surface area (Å²) in [6.07, 6.45) is -2.60. The molecule has 0 atom stereocenters. The third kappa shape index (κ3) is 4.59. The lowest BCUT2D eigenvalue weighted by Gasteiger charge is -1.98. The molecule has 2 aromatic rings. The van der Waals surface area contributed by atoms with E-state index in [1.165, 1.54) is 6.07 Å². The highest BCUT2D eigenvalue weighted by Gasteiger charge is 2.11. The molecule has 0 aliphatic rings. The summed E-state index contributed by atoms with van der Waals surface area (Å²) in [5, 5.41) is 7.54. The molecule has 0 radical (unpaired) electrons. The van der Waals surface area contributed by atoms with Crippen molar-refractivity contribution >= 4 is 11.8 Å². The van der Waals surface area contributed by atoms with Gasteiger partial charge in [0.2, 0.25) is 5.89 Å². The standard InChI is InChI=1S/C13H10F4N2OS/c14-9-4-2-1-3-8(9)7-11-18-19-13(20-11)21-6-5-10(15)12(16)17/h1-4H,5-7H2. The Morgan fingerprint density at radius 1 is 1.14 bits per heavy atom. The third-order valence-electron chi connectivity index (χ3n) is 2.50. The maximum atomic E-state index is 13.4. The first-order chi connectivity index (χ1) is 10.1. The van der Waals surface area contributed by atoms with Crippen molar-refractivity contribution in [3.05, 3.63) is 53.4 Å². The molecule has 0 saturated carbocycles. The second kappa shape index (κ2) is 7.26. The van der Waals surface area contributed by atoms with Crippen LogP contribution in [-0.2, 0) is 6.42 Å². The number of aromatic nitrogens is 2. The van der Waals surface area contributed by atoms with Crippen LogP contribution in [0, 0.1) is 5.82 Å². The minimum atomic E-state index is -2.32. The number of halogens is 4. The van der Waals surface area contributed by atoms with Crippen molar-refractivity contribution in [3.8, 4) is 0 Å². The summed E-state index contributed by atoms with van der Waals surface area (Å²) in [5.74, 6) is -1.58. The first-order valence-corrected chi connectivity index (χ1v) is 6.93. The van der Waals surface area contributed by atoms with Crippen LogP contribution in [0.5, 0.6) is 0 Å². The Kier molecular flexibility index (Phi) is 5.38. The number of allylic oxidation sites excluding steroid dienone is 1. The van der Waals surface area contributed by atoms with Crippen molar-refractivity contribution in [2.75, 3.05) is 5.75 Å². The molecule has 0 fully saturated rings. The normalized spacial score (nSPS) is 10.7. The van der Waals surface area contributed by atoms with Gasteiger partial charge in [0, 0.05) is 12.2 Å². The van der Waals surface area contributed by atoms with E-state index in [0.29, 0.717) is 5.56 Å². The van der Waals surface area contributed by atoms with Gasteiger partial charge < -0.3 is 4.42 Å². The Bertz CT molecular complexity index is 641. The minimum absolute atomic E-state index is 0.0461. The molecule has 1 aromatic carbocycles. The van der Waals surface area contributed by atoms with Gasteiger partial charge in [0.25, 0.3) is 5.22 Å². The Morgan fingerprint density at radius 3 is 2.62 bits per heavy atom. The van der Waals surface area contributed by atoms with E-state index in [0.717, 1.165) is 11.8 Å². The highest BCUT2D eigenvalue weighted by molar-refractivity contribution is 7.99. The van der Waals surface area contributed by atoms with E-state index in [4.69, 9.17) is 4.42 Å². The molecule has 8 heteroatoms. The average molecular weight is 318 g/mol. The third-order valence-corrected chi connectivity index (χ3v) is 3.32. The molecule has 21 heavy (non-hydrogen) atoms. The van der Waals surface area contributed by atoms with Crippen LogP contribution in [0.4, 0.5) is 17.6 Å². The SMILES string of the molecule is FC(F)=C(F)CCSc1nnc(Cc2ccccc2F)o1. The molecule has 0 N–H and O–H groups in total. The number of thioether (sulfide) groups is 1. The highest BCUT2D eigenvalue weighted by atomic mass is 32.2. The van der Waals surface area contributed by atoms with Crippen molar-refractivity contribution in [1.29, 1.82) is 0 Å². The summed E-state index contributed by atoms with van der Waals surface area (Å²) >= 11 is 0.960. The Morgan fingerprint density at radius 2 is 1.90 bits per heavy atom. The Balaban J connectivity index is 1.90. The lowest BCUT2D eigenvalue weighted by molar-refractivity contribution is 0.373. The summed E-state index contributed by atoms with van der Waals surface area (Å²) in [5.41, 5.74) is 0.408. The predicted molar refractivity (Wildman–Crippen MR) is 69.2 cm³/mol. The van der Waals surface area contributed by atoms with E-state index in [9.17, 15) is 17.6 Å². The molecule has 2 rings (SSSR count). The quantitative estimate of drug-likeness (QED) is 0.586. The van der Waals surface area contributed by atoms with E-state index in [-0.39, 0.29) is 29.1 Å². The number of rotatable bonds is 6. The summed E-state index contributed by atoms with van der Waals surface area (Å²) < 4.78 is 54.9. The smallest absolute Gasteiger partial charge is 0.301 e. The molecule has 0 aliphatic heterocycles. The van der Waals surface area contributed by atoms with Crippen LogP contribution in [0.2, 0.25) is 0 Å². The van der Waals surface area contributed by atoms with Crippen molar-refractivity contribution < 1.29 is 22.0 Å². The van der Waals surface area contributed by atoms with Crippen LogP contribution in [0.15, 0.2) is 45.8 Å². The van der Waals surface area contributed by atoms with E-state index >= 15 is 0 Å². The van der Waals surface area contributed by atoms with Crippen molar-refractivity contribution in [2.24, 2.45) is 0 Å². The summed E-state index contributed by atoms with van der Waals surface area (Å²) in [4.78, 5) is 0. The zero-order valence-corrected chi connectivity index (χ0v) is 11.5. The molecule has 1 heterocycles. The van der Waals surface area contributed by atoms with E-state index in [1.807, 2.05) is 0 Å². The van der Waals surface area contributed by atoms with Crippen molar-refractivity contribution in [1.82, 2.24) is 10.2 Å². The Labute approximate surface area is 122 Å². The van der Waals surface area contributed by atoms with Gasteiger partial charge in [-0.3, -0.25) is 0 Å². The lowest BCUT2D eigenvalue weighted by atomic mass is 10.1. The fraction of sp³-hybridized carbons (Fsp3) is 0.231. The highest BCUT2D eigenvalue weighted by Crippen LogP contribution is 2.22. The fourth-order valence-electron chi connectivity index (χ4n) is 1.50.